The number of nitrogens with zero attached hydrogens (tertiary/aromatic N) is 1. The first kappa shape index (κ1) is 33.1. The van der Waals surface area contributed by atoms with Crippen molar-refractivity contribution in [3.63, 3.8) is 0 Å². The fourth-order valence-corrected chi connectivity index (χ4v) is 8.52. The van der Waals surface area contributed by atoms with Gasteiger partial charge in [0.15, 0.2) is 5.78 Å². The third-order valence-electron chi connectivity index (χ3n) is 10.7. The Kier molecular flexibility index (Phi) is 9.09. The van der Waals surface area contributed by atoms with E-state index in [0.29, 0.717) is 29.3 Å². The molecule has 8 nitrogen and oxygen atoms in total. The molecule has 4 aliphatic carbocycles. The Balaban J connectivity index is 0.856. The molecule has 9 heteroatoms. The van der Waals surface area contributed by atoms with Gasteiger partial charge in [-0.25, -0.2) is 0 Å². The Morgan fingerprint density at radius 1 is 0.939 bits per heavy atom. The van der Waals surface area contributed by atoms with Crippen LogP contribution in [0.1, 0.15) is 107 Å². The van der Waals surface area contributed by atoms with Gasteiger partial charge in [-0.05, 0) is 91.4 Å². The average molecular weight is 680 g/mol. The molecule has 7 rings (SSSR count). The van der Waals surface area contributed by atoms with Crippen molar-refractivity contribution in [3.05, 3.63) is 104 Å². The molecule has 0 radical (unpaired) electrons. The molecule has 0 saturated carbocycles. The fourth-order valence-electron chi connectivity index (χ4n) is 8.35. The van der Waals surface area contributed by atoms with E-state index in [1.807, 2.05) is 6.21 Å². The van der Waals surface area contributed by atoms with Crippen LogP contribution in [0.3, 0.4) is 0 Å². The number of unbranched alkanes of at least 4 members (excludes halogenated alkanes) is 5. The molecule has 0 saturated heterocycles. The van der Waals surface area contributed by atoms with Crippen LogP contribution in [0, 0.1) is 17.8 Å². The van der Waals surface area contributed by atoms with E-state index in [0.717, 1.165) is 64.3 Å². The Morgan fingerprint density at radius 3 is 2.51 bits per heavy atom. The number of aromatic hydroxyl groups is 2. The van der Waals surface area contributed by atoms with Crippen molar-refractivity contribution in [1.82, 2.24) is 10.6 Å². The van der Waals surface area contributed by atoms with Crippen LogP contribution in [0.15, 0.2) is 81.5 Å². The van der Waals surface area contributed by atoms with Crippen molar-refractivity contribution in [1.29, 1.82) is 0 Å². The summed E-state index contributed by atoms with van der Waals surface area (Å²) in [7, 11) is 0. The van der Waals surface area contributed by atoms with Crippen LogP contribution in [0.5, 0.6) is 11.5 Å². The van der Waals surface area contributed by atoms with E-state index in [2.05, 4.69) is 41.9 Å². The molecule has 4 unspecified atom stereocenters. The zero-order valence-electron chi connectivity index (χ0n) is 27.7. The molecule has 2 aromatic carbocycles. The normalized spacial score (nSPS) is 24.7. The molecule has 2 aromatic rings. The minimum atomic E-state index is -0.644. The third kappa shape index (κ3) is 6.16. The van der Waals surface area contributed by atoms with Crippen molar-refractivity contribution < 1.29 is 24.6 Å². The zero-order chi connectivity index (χ0) is 34.3. The van der Waals surface area contributed by atoms with Gasteiger partial charge in [-0.2, -0.15) is 0 Å². The van der Waals surface area contributed by atoms with Gasteiger partial charge in [0.2, 0.25) is 5.78 Å². The largest absolute Gasteiger partial charge is 0.507 e. The van der Waals surface area contributed by atoms with Crippen molar-refractivity contribution in [2.45, 2.75) is 70.3 Å². The minimum absolute atomic E-state index is 0.0403. The number of carbonyl (C=O) groups is 3. The number of phenolic OH excluding ortho intramolecular Hbond substituents is 2. The summed E-state index contributed by atoms with van der Waals surface area (Å²) < 4.78 is 0. The highest BCUT2D eigenvalue weighted by atomic mass is 35.5. The topological polar surface area (TPSA) is 128 Å². The lowest BCUT2D eigenvalue weighted by molar-refractivity contribution is 0.0948. The number of rotatable bonds is 11. The summed E-state index contributed by atoms with van der Waals surface area (Å²) in [5.41, 5.74) is 3.36. The number of amides is 1. The number of fused-ring (bicyclic) bond motifs is 3. The van der Waals surface area contributed by atoms with Gasteiger partial charge in [0.05, 0.1) is 16.2 Å². The van der Waals surface area contributed by atoms with Crippen LogP contribution in [0.25, 0.3) is 0 Å². The number of allylic oxidation sites excluding steroid dienone is 4. The molecule has 1 amide bonds. The SMILES string of the molecule is CC1C=C2C3CC=C4C=C(Cl)C=NC42C=C(NCCCCCCCCNC(=O)c2cc(O)c4c(c2)C(=O)c2cccc(O)c2C4=O)C(C1)C3. The summed E-state index contributed by atoms with van der Waals surface area (Å²) in [5, 5.41) is 28.1. The fraction of sp³-hybridized carbons (Fsp3) is 0.400. The number of aliphatic imine (C=N–C) groups is 1. The second-order valence-electron chi connectivity index (χ2n) is 14.1. The molecular weight excluding hydrogens is 638 g/mol. The molecule has 0 aromatic heterocycles. The average Bonchev–Trinajstić information content (AvgIpc) is 3.29. The summed E-state index contributed by atoms with van der Waals surface area (Å²) in [4.78, 5) is 44.0. The second kappa shape index (κ2) is 13.5. The maximum absolute atomic E-state index is 13.1. The first-order valence-electron chi connectivity index (χ1n) is 17.5. The van der Waals surface area contributed by atoms with Gasteiger partial charge < -0.3 is 20.8 Å². The lowest BCUT2D eigenvalue weighted by atomic mass is 9.69. The Hall–Kier alpha value is -4.43. The van der Waals surface area contributed by atoms with Crippen molar-refractivity contribution in [2.75, 3.05) is 13.1 Å². The van der Waals surface area contributed by atoms with E-state index in [-0.39, 0.29) is 33.6 Å². The number of hydrogen-bond donors (Lipinski definition) is 4. The predicted molar refractivity (Wildman–Crippen MR) is 191 cm³/mol. The summed E-state index contributed by atoms with van der Waals surface area (Å²) in [6.07, 6.45) is 20.7. The molecular formula is C40H42ClN3O5. The predicted octanol–water partition coefficient (Wildman–Crippen LogP) is 7.30. The molecule has 1 spiro atoms. The molecule has 1 heterocycles. The molecule has 5 aliphatic rings. The van der Waals surface area contributed by atoms with Crippen LogP contribution >= 0.6 is 11.6 Å². The Labute approximate surface area is 291 Å². The Morgan fingerprint density at radius 2 is 1.69 bits per heavy atom. The highest BCUT2D eigenvalue weighted by Crippen LogP contribution is 2.53. The number of hydrogen-bond acceptors (Lipinski definition) is 7. The molecule has 0 fully saturated rings. The molecule has 1 aliphatic heterocycles. The highest BCUT2D eigenvalue weighted by Gasteiger charge is 2.47. The molecule has 4 atom stereocenters. The van der Waals surface area contributed by atoms with Crippen LogP contribution in [-0.4, -0.2) is 52.5 Å². The highest BCUT2D eigenvalue weighted by molar-refractivity contribution is 6.39. The van der Waals surface area contributed by atoms with Gasteiger partial charge >= 0.3 is 0 Å². The third-order valence-corrected chi connectivity index (χ3v) is 10.9. The number of phenols is 2. The van der Waals surface area contributed by atoms with Gasteiger partial charge in [0.25, 0.3) is 5.91 Å². The van der Waals surface area contributed by atoms with Crippen LogP contribution in [-0.2, 0) is 0 Å². The summed E-state index contributed by atoms with van der Waals surface area (Å²) in [5.74, 6) is -0.809. The van der Waals surface area contributed by atoms with Crippen molar-refractivity contribution in [2.24, 2.45) is 22.7 Å². The molecule has 4 N–H and O–H groups in total. The van der Waals surface area contributed by atoms with E-state index < -0.39 is 28.8 Å². The maximum Gasteiger partial charge on any atom is 0.251 e. The number of carbonyl (C=O) groups excluding carboxylic acids is 3. The molecule has 254 valence electrons. The Bertz CT molecular complexity index is 1890. The van der Waals surface area contributed by atoms with Gasteiger partial charge in [0, 0.05) is 41.7 Å². The van der Waals surface area contributed by atoms with E-state index >= 15 is 0 Å². The first-order chi connectivity index (χ1) is 23.7. The summed E-state index contributed by atoms with van der Waals surface area (Å²) >= 11 is 6.37. The maximum atomic E-state index is 13.1. The number of dihydropyridines is 1. The lowest BCUT2D eigenvalue weighted by Gasteiger charge is -2.40. The molecule has 4 bridgehead atoms. The van der Waals surface area contributed by atoms with Crippen molar-refractivity contribution in [3.8, 4) is 11.5 Å². The zero-order valence-corrected chi connectivity index (χ0v) is 28.5. The number of nitrogens with one attached hydrogen (secondary N) is 2. The van der Waals surface area contributed by atoms with E-state index in [1.54, 1.807) is 0 Å². The van der Waals surface area contributed by atoms with Gasteiger partial charge in [-0.15, -0.1) is 0 Å². The van der Waals surface area contributed by atoms with Crippen LogP contribution in [0.2, 0.25) is 0 Å². The number of ketones is 2. The monoisotopic (exact) mass is 679 g/mol. The quantitative estimate of drug-likeness (QED) is 0.124. The summed E-state index contributed by atoms with van der Waals surface area (Å²) in [6.45, 7) is 3.73. The number of benzene rings is 2. The van der Waals surface area contributed by atoms with Crippen molar-refractivity contribution >= 4 is 35.3 Å². The van der Waals surface area contributed by atoms with Crippen LogP contribution < -0.4 is 10.6 Å². The van der Waals surface area contributed by atoms with E-state index in [4.69, 9.17) is 16.6 Å². The smallest absolute Gasteiger partial charge is 0.251 e. The van der Waals surface area contributed by atoms with Crippen LogP contribution in [0.4, 0.5) is 0 Å². The van der Waals surface area contributed by atoms with Gasteiger partial charge in [-0.1, -0.05) is 68.5 Å². The standard InChI is InChI=1S/C40H42ClN3O5/c1-23-15-25-17-24-11-12-27-20-28(41)22-44-40(27,31(24)16-23)21-32(25)42-13-6-4-2-3-5-7-14-43-39(49)26-18-30-36(34(46)19-26)38(48)35-29(37(30)47)9-8-10-33(35)45/h8-10,12,16,18-25,42,45-46H,2-7,11,13-15,17H2,1H3,(H,43,49). The first-order valence-corrected chi connectivity index (χ1v) is 17.9. The van der Waals surface area contributed by atoms with Gasteiger partial charge in [-0.3, -0.25) is 19.4 Å². The molecule has 49 heavy (non-hydrogen) atoms. The minimum Gasteiger partial charge on any atom is -0.507 e. The van der Waals surface area contributed by atoms with E-state index in [1.165, 1.54) is 47.2 Å². The van der Waals surface area contributed by atoms with E-state index in [9.17, 15) is 24.6 Å². The second-order valence-corrected chi connectivity index (χ2v) is 14.5. The lowest BCUT2D eigenvalue weighted by Crippen LogP contribution is -2.37. The van der Waals surface area contributed by atoms with Gasteiger partial charge in [0.1, 0.15) is 17.0 Å². The number of halogens is 1. The summed E-state index contributed by atoms with van der Waals surface area (Å²) in [6, 6.07) is 6.80.